The maximum atomic E-state index is 2.81. The molecule has 13 aromatic carbocycles. The molecule has 4 heterocycles. The first-order chi connectivity index (χ1) is 53.0. The summed E-state index contributed by atoms with van der Waals surface area (Å²) in [5.41, 5.74) is 34.9. The molecule has 0 saturated heterocycles. The minimum Gasteiger partial charge on any atom is -0.310 e. The second-order valence-electron chi connectivity index (χ2n) is 39.2. The van der Waals surface area contributed by atoms with E-state index in [1.165, 1.54) is 155 Å². The topological polar surface area (TPSA) is 16.3 Å². The van der Waals surface area contributed by atoms with Crippen LogP contribution in [0.2, 0.25) is 0 Å². The number of nitrogens with zero attached hydrogens (tertiary/aromatic N) is 4. The van der Waals surface area contributed by atoms with Crippen molar-refractivity contribution in [2.24, 2.45) is 0 Å². The Morgan fingerprint density at radius 2 is 0.527 bits per heavy atom. The summed E-state index contributed by atoms with van der Waals surface area (Å²) in [6.45, 7) is 49.8. The molecule has 0 N–H and O–H groups in total. The van der Waals surface area contributed by atoms with Crippen molar-refractivity contribution in [3.05, 3.63) is 306 Å². The van der Waals surface area contributed by atoms with Gasteiger partial charge in [0.05, 0.1) is 33.4 Å². The van der Waals surface area contributed by atoms with Crippen LogP contribution in [0.1, 0.15) is 191 Å². The first-order valence-electron chi connectivity index (χ1n) is 40.9. The largest absolute Gasteiger partial charge is 0.310 e. The lowest BCUT2D eigenvalue weighted by molar-refractivity contribution is 0.506. The van der Waals surface area contributed by atoms with Gasteiger partial charge in [0.15, 0.2) is 0 Å². The van der Waals surface area contributed by atoms with E-state index < -0.39 is 0 Å². The highest BCUT2D eigenvalue weighted by Gasteiger charge is 2.47. The van der Waals surface area contributed by atoms with Gasteiger partial charge in [0, 0.05) is 77.9 Å². The molecule has 0 atom stereocenters. The van der Waals surface area contributed by atoms with Crippen LogP contribution in [0.4, 0.5) is 34.1 Å². The smallest absolute Gasteiger partial charge is 0.252 e. The number of hydrogen-bond donors (Lipinski definition) is 0. The molecule has 560 valence electrons. The lowest BCUT2D eigenvalue weighted by atomic mass is 9.33. The van der Waals surface area contributed by atoms with E-state index in [9.17, 15) is 0 Å². The molecule has 5 heteroatoms. The van der Waals surface area contributed by atoms with E-state index in [0.29, 0.717) is 0 Å². The van der Waals surface area contributed by atoms with Gasteiger partial charge in [-0.3, -0.25) is 0 Å². The Hall–Kier alpha value is -10.9. The molecule has 2 aliphatic heterocycles. The van der Waals surface area contributed by atoms with Crippen LogP contribution in [0.15, 0.2) is 267 Å². The van der Waals surface area contributed by atoms with E-state index in [1.54, 1.807) is 0 Å². The number of hydrogen-bond acceptors (Lipinski definition) is 2. The second-order valence-corrected chi connectivity index (χ2v) is 39.2. The molecule has 0 amide bonds. The van der Waals surface area contributed by atoms with E-state index in [2.05, 4.69) is 431 Å². The maximum Gasteiger partial charge on any atom is 0.252 e. The Balaban J connectivity index is 1.11. The zero-order valence-electron chi connectivity index (χ0n) is 70.0. The Morgan fingerprint density at radius 1 is 0.250 bits per heavy atom. The normalized spacial score (nSPS) is 13.6. The molecule has 0 saturated carbocycles. The van der Waals surface area contributed by atoms with Gasteiger partial charge in [-0.2, -0.15) is 0 Å². The number of anilines is 6. The first kappa shape index (κ1) is 73.9. The van der Waals surface area contributed by atoms with Crippen LogP contribution in [-0.4, -0.2) is 15.8 Å². The number of rotatable bonds is 10. The fourth-order valence-corrected chi connectivity index (χ4v) is 17.8. The summed E-state index contributed by atoms with van der Waals surface area (Å²) in [5, 5.41) is 4.94. The maximum absolute atomic E-state index is 2.81. The molecule has 2 aliphatic rings. The zero-order valence-corrected chi connectivity index (χ0v) is 70.0. The predicted octanol–water partition coefficient (Wildman–Crippen LogP) is 28.1. The highest BCUT2D eigenvalue weighted by Crippen LogP contribution is 2.57. The van der Waals surface area contributed by atoms with Crippen LogP contribution in [0, 0.1) is 0 Å². The monoisotopic (exact) mass is 1460 g/mol. The summed E-state index contributed by atoms with van der Waals surface area (Å²) >= 11 is 0. The number of aromatic nitrogens is 2. The molecule has 0 unspecified atom stereocenters. The third-order valence-corrected chi connectivity index (χ3v) is 24.9. The lowest BCUT2D eigenvalue weighted by Crippen LogP contribution is -2.61. The molecular weight excluding hydrogens is 1350 g/mol. The van der Waals surface area contributed by atoms with E-state index in [1.807, 2.05) is 0 Å². The molecule has 0 radical (unpaired) electrons. The van der Waals surface area contributed by atoms with Crippen molar-refractivity contribution in [2.75, 3.05) is 9.80 Å². The molecule has 17 rings (SSSR count). The van der Waals surface area contributed by atoms with Gasteiger partial charge in [-0.1, -0.05) is 327 Å². The molecular formula is C107H109BN4. The van der Waals surface area contributed by atoms with Crippen molar-refractivity contribution in [1.82, 2.24) is 9.13 Å². The summed E-state index contributed by atoms with van der Waals surface area (Å²) in [5.74, 6) is 0. The summed E-state index contributed by atoms with van der Waals surface area (Å²) in [6, 6.07) is 105. The van der Waals surface area contributed by atoms with Gasteiger partial charge in [0.2, 0.25) is 0 Å². The van der Waals surface area contributed by atoms with Crippen molar-refractivity contribution in [1.29, 1.82) is 0 Å². The number of benzene rings is 13. The molecule has 0 spiro atoms. The van der Waals surface area contributed by atoms with Crippen molar-refractivity contribution in [3.63, 3.8) is 0 Å². The zero-order chi connectivity index (χ0) is 78.8. The lowest BCUT2D eigenvalue weighted by Gasteiger charge is -2.47. The van der Waals surface area contributed by atoms with Crippen LogP contribution >= 0.6 is 0 Å². The van der Waals surface area contributed by atoms with Crippen molar-refractivity contribution < 1.29 is 0 Å². The first-order valence-corrected chi connectivity index (χ1v) is 40.9. The van der Waals surface area contributed by atoms with Crippen molar-refractivity contribution >= 4 is 101 Å². The summed E-state index contributed by atoms with van der Waals surface area (Å²) in [7, 11) is 0. The van der Waals surface area contributed by atoms with Gasteiger partial charge in [-0.05, 0) is 207 Å². The van der Waals surface area contributed by atoms with Gasteiger partial charge in [-0.25, -0.2) is 0 Å². The van der Waals surface area contributed by atoms with E-state index in [-0.39, 0.29) is 44.6 Å². The van der Waals surface area contributed by atoms with Crippen molar-refractivity contribution in [3.8, 4) is 55.9 Å². The second kappa shape index (κ2) is 26.4. The van der Waals surface area contributed by atoms with Crippen LogP contribution in [0.5, 0.6) is 0 Å². The summed E-state index contributed by atoms with van der Waals surface area (Å²) < 4.78 is 5.07. The van der Waals surface area contributed by atoms with Crippen LogP contribution in [-0.2, 0) is 37.9 Å². The SMILES string of the molecule is CCC(C)(C)c1cc2c3c(c1)N(c1c(-c4cccc(C(C)(C)C)c4)cc(C(C)(C)C)cc1-c1cccc(C(C)(C)C)c1)c1cc(-n4c5ccccc5c5ccccc54)ccc1B3c1ccc(-n3c4ccccc4c4ccccc43)cc1N2c1c(-c2cccc(C(C)(C)C)c2)cc(C(C)(C)C)cc1-c1cccc(C(C)(C)C)c1. The third-order valence-electron chi connectivity index (χ3n) is 24.9. The quantitative estimate of drug-likeness (QED) is 0.127. The Morgan fingerprint density at radius 3 is 0.795 bits per heavy atom. The highest BCUT2D eigenvalue weighted by atomic mass is 15.2. The van der Waals surface area contributed by atoms with Crippen LogP contribution in [0.25, 0.3) is 99.5 Å². The highest BCUT2D eigenvalue weighted by molar-refractivity contribution is 7.00. The predicted molar refractivity (Wildman–Crippen MR) is 486 cm³/mol. The molecule has 0 bridgehead atoms. The van der Waals surface area contributed by atoms with Gasteiger partial charge in [-0.15, -0.1) is 0 Å². The fraction of sp³-hybridized carbons (Fsp3) is 0.271. The number of fused-ring (bicyclic) bond motifs is 10. The standard InChI is InChI=1S/C107H109BN4/c1-22-107(20,21)77-63-96-98-97(64-77)112(100-86(69-37-33-41-73(57-69)103(8,9)10)61-76(106(17,18)19)62-87(100)70-38-34-42-74(58-70)104(11,12)13)95-66-79(110-92-49-29-25-45-82(92)83-46-26-30-50-93(83)110)52-54-89(95)108(98)88-53-51-78(109-90-47-27-23-43-80(90)81-44-24-28-48-91(81)109)65-94(88)111(96)99-84(67-35-31-39-71(55-67)101(2,3)4)59-75(105(14,15)16)60-85(99)68-36-32-40-72(56-68)102(5,6)7/h23-66H,22H2,1-21H3. The van der Waals surface area contributed by atoms with Gasteiger partial charge >= 0.3 is 0 Å². The molecule has 0 aliphatic carbocycles. The average molecular weight is 1460 g/mol. The Kier molecular flexibility index (Phi) is 17.4. The van der Waals surface area contributed by atoms with Gasteiger partial charge in [0.1, 0.15) is 0 Å². The van der Waals surface area contributed by atoms with Crippen LogP contribution < -0.4 is 26.2 Å². The Bertz CT molecular complexity index is 5660. The third kappa shape index (κ3) is 12.5. The fourth-order valence-electron chi connectivity index (χ4n) is 17.8. The van der Waals surface area contributed by atoms with Gasteiger partial charge in [0.25, 0.3) is 6.71 Å². The Labute approximate surface area is 666 Å². The van der Waals surface area contributed by atoms with E-state index in [0.717, 1.165) is 40.5 Å². The number of para-hydroxylation sites is 4. The minimum absolute atomic E-state index is 0.133. The molecule has 2 aromatic heterocycles. The average Bonchev–Trinajstić information content (AvgIpc) is 0.756. The molecule has 4 nitrogen and oxygen atoms in total. The summed E-state index contributed by atoms with van der Waals surface area (Å²) in [6.07, 6.45) is 0.906. The summed E-state index contributed by atoms with van der Waals surface area (Å²) in [4.78, 5) is 5.61. The molecule has 0 fully saturated rings. The van der Waals surface area contributed by atoms with Crippen molar-refractivity contribution in [2.45, 2.75) is 190 Å². The van der Waals surface area contributed by atoms with Gasteiger partial charge < -0.3 is 18.9 Å². The molecule has 112 heavy (non-hydrogen) atoms. The molecule has 15 aromatic rings. The van der Waals surface area contributed by atoms with Crippen LogP contribution in [0.3, 0.4) is 0 Å². The van der Waals surface area contributed by atoms with E-state index in [4.69, 9.17) is 0 Å². The van der Waals surface area contributed by atoms with E-state index >= 15 is 0 Å². The minimum atomic E-state index is -0.317.